The lowest BCUT2D eigenvalue weighted by Gasteiger charge is -2.17. The van der Waals surface area contributed by atoms with Gasteiger partial charge >= 0.3 is 0 Å². The number of nitrogens with two attached hydrogens (primary N) is 1. The molecule has 0 unspecified atom stereocenters. The highest BCUT2D eigenvalue weighted by atomic mass is 79.9. The first-order valence-corrected chi connectivity index (χ1v) is 10.5. The number of hydrogen-bond acceptors (Lipinski definition) is 4. The zero-order valence-corrected chi connectivity index (χ0v) is 18.3. The lowest BCUT2D eigenvalue weighted by molar-refractivity contribution is 0.0942. The van der Waals surface area contributed by atoms with Gasteiger partial charge in [-0.2, -0.15) is 5.10 Å². The molecule has 27 heavy (non-hydrogen) atoms. The van der Waals surface area contributed by atoms with Crippen molar-refractivity contribution in [1.29, 1.82) is 0 Å². The van der Waals surface area contributed by atoms with Gasteiger partial charge in [-0.1, -0.05) is 29.3 Å². The van der Waals surface area contributed by atoms with E-state index in [-0.39, 0.29) is 11.9 Å². The molecule has 0 fully saturated rings. The molecular weight excluding hydrogens is 471 g/mol. The number of amides is 1. The van der Waals surface area contributed by atoms with Crippen LogP contribution in [0.1, 0.15) is 15.2 Å². The minimum atomic E-state index is -0.239. The molecule has 0 aliphatic heterocycles. The Kier molecular flexibility index (Phi) is 6.60. The van der Waals surface area contributed by atoms with Crippen LogP contribution in [-0.4, -0.2) is 28.3 Å². The molecule has 1 atom stereocenters. The quantitative estimate of drug-likeness (QED) is 0.536. The molecule has 1 aromatic carbocycles. The Morgan fingerprint density at radius 2 is 2.15 bits per heavy atom. The van der Waals surface area contributed by atoms with E-state index in [1.807, 2.05) is 25.2 Å². The van der Waals surface area contributed by atoms with Crippen LogP contribution in [0.5, 0.6) is 0 Å². The Hall–Kier alpha value is -1.38. The highest BCUT2D eigenvalue weighted by molar-refractivity contribution is 9.10. The van der Waals surface area contributed by atoms with E-state index in [9.17, 15) is 4.79 Å². The van der Waals surface area contributed by atoms with E-state index in [1.165, 1.54) is 11.3 Å². The van der Waals surface area contributed by atoms with E-state index in [0.717, 1.165) is 20.6 Å². The maximum absolute atomic E-state index is 12.7. The van der Waals surface area contributed by atoms with Crippen LogP contribution in [0.2, 0.25) is 10.0 Å². The molecule has 0 saturated heterocycles. The van der Waals surface area contributed by atoms with E-state index in [1.54, 1.807) is 23.0 Å². The third kappa shape index (κ3) is 4.73. The molecule has 2 heterocycles. The predicted molar refractivity (Wildman–Crippen MR) is 115 cm³/mol. The number of aryl methyl sites for hydroxylation is 1. The topological polar surface area (TPSA) is 72.9 Å². The predicted octanol–water partition coefficient (Wildman–Crippen LogP) is 4.52. The summed E-state index contributed by atoms with van der Waals surface area (Å²) < 4.78 is 2.62. The lowest BCUT2D eigenvalue weighted by Crippen LogP contribution is -2.41. The highest BCUT2D eigenvalue weighted by Crippen LogP contribution is 2.36. The number of rotatable bonds is 6. The summed E-state index contributed by atoms with van der Waals surface area (Å²) in [5, 5.41) is 8.29. The Morgan fingerprint density at radius 1 is 1.37 bits per heavy atom. The molecule has 5 nitrogen and oxygen atoms in total. The van der Waals surface area contributed by atoms with Crippen LogP contribution in [0.3, 0.4) is 0 Å². The number of hydrogen-bond donors (Lipinski definition) is 2. The van der Waals surface area contributed by atoms with Crippen LogP contribution in [0.15, 0.2) is 41.0 Å². The van der Waals surface area contributed by atoms with Gasteiger partial charge in [0.15, 0.2) is 0 Å². The van der Waals surface area contributed by atoms with Gasteiger partial charge in [0.1, 0.15) is 0 Å². The fourth-order valence-electron chi connectivity index (χ4n) is 2.65. The highest BCUT2D eigenvalue weighted by Gasteiger charge is 2.19. The number of aromatic nitrogens is 2. The monoisotopic (exact) mass is 486 g/mol. The van der Waals surface area contributed by atoms with Gasteiger partial charge in [0.25, 0.3) is 5.91 Å². The molecule has 0 aliphatic carbocycles. The molecule has 0 aliphatic rings. The summed E-state index contributed by atoms with van der Waals surface area (Å²) >= 11 is 17.1. The van der Waals surface area contributed by atoms with Crippen molar-refractivity contribution in [2.75, 3.05) is 6.54 Å². The molecule has 0 bridgehead atoms. The van der Waals surface area contributed by atoms with Crippen LogP contribution in [-0.2, 0) is 13.5 Å². The van der Waals surface area contributed by atoms with Gasteiger partial charge in [0.2, 0.25) is 0 Å². The van der Waals surface area contributed by atoms with Crippen LogP contribution in [0.4, 0.5) is 0 Å². The van der Waals surface area contributed by atoms with Gasteiger partial charge in [0.05, 0.1) is 15.4 Å². The standard InChI is InChI=1S/C18H17BrCl2N4OS/c1-25-15(4-5-23-25)17-13(19)8-16(27-17)18(26)24-12(9-22)6-10-2-3-11(20)7-14(10)21/h2-5,7-8,12H,6,9,22H2,1H3,(H,24,26)/t12-/m0/s1. The number of benzene rings is 1. The largest absolute Gasteiger partial charge is 0.347 e. The molecule has 9 heteroatoms. The number of nitrogens with one attached hydrogen (secondary N) is 1. The third-order valence-electron chi connectivity index (χ3n) is 4.07. The van der Waals surface area contributed by atoms with Crippen molar-refractivity contribution in [2.24, 2.45) is 12.8 Å². The Balaban J connectivity index is 1.75. The second kappa shape index (κ2) is 8.75. The fraction of sp³-hybridized carbons (Fsp3) is 0.222. The summed E-state index contributed by atoms with van der Waals surface area (Å²) in [5.41, 5.74) is 7.69. The molecule has 3 rings (SSSR count). The maximum atomic E-state index is 12.7. The van der Waals surface area contributed by atoms with Gasteiger partial charge in [-0.3, -0.25) is 9.48 Å². The summed E-state index contributed by atoms with van der Waals surface area (Å²) in [6.45, 7) is 0.297. The molecule has 3 N–H and O–H groups in total. The number of halogens is 3. The molecule has 142 valence electrons. The van der Waals surface area contributed by atoms with Crippen LogP contribution >= 0.6 is 50.5 Å². The van der Waals surface area contributed by atoms with Gasteiger partial charge in [0, 0.05) is 40.3 Å². The molecule has 0 spiro atoms. The van der Waals surface area contributed by atoms with Gasteiger partial charge in [-0.25, -0.2) is 0 Å². The minimum absolute atomic E-state index is 0.172. The maximum Gasteiger partial charge on any atom is 0.261 e. The first-order chi connectivity index (χ1) is 12.9. The van der Waals surface area contributed by atoms with Crippen molar-refractivity contribution in [3.05, 3.63) is 61.5 Å². The first kappa shape index (κ1) is 20.4. The van der Waals surface area contributed by atoms with Crippen LogP contribution in [0, 0.1) is 0 Å². The van der Waals surface area contributed by atoms with E-state index < -0.39 is 0 Å². The van der Waals surface area contributed by atoms with Gasteiger partial charge in [-0.05, 0) is 52.2 Å². The van der Waals surface area contributed by atoms with Crippen molar-refractivity contribution in [3.8, 4) is 10.6 Å². The van der Waals surface area contributed by atoms with Crippen molar-refractivity contribution < 1.29 is 4.79 Å². The Morgan fingerprint density at radius 3 is 2.78 bits per heavy atom. The van der Waals surface area contributed by atoms with Crippen LogP contribution < -0.4 is 11.1 Å². The SMILES string of the molecule is Cn1nccc1-c1sc(C(=O)N[C@H](CN)Cc2ccc(Cl)cc2Cl)cc1Br. The molecule has 0 radical (unpaired) electrons. The van der Waals surface area contributed by atoms with E-state index in [4.69, 9.17) is 28.9 Å². The molecule has 0 saturated carbocycles. The Bertz CT molecular complexity index is 972. The molecule has 2 aromatic heterocycles. The zero-order valence-electron chi connectivity index (χ0n) is 14.4. The van der Waals surface area contributed by atoms with Crippen molar-refractivity contribution >= 4 is 56.4 Å². The zero-order chi connectivity index (χ0) is 19.6. The second-order valence-corrected chi connectivity index (χ2v) is 8.72. The summed E-state index contributed by atoms with van der Waals surface area (Å²) in [6, 6.07) is 8.78. The number of thiophene rings is 1. The van der Waals surface area contributed by atoms with Gasteiger partial charge in [-0.15, -0.1) is 11.3 Å². The average molecular weight is 488 g/mol. The van der Waals surface area contributed by atoms with Crippen molar-refractivity contribution in [1.82, 2.24) is 15.1 Å². The summed E-state index contributed by atoms with van der Waals surface area (Å²) in [7, 11) is 1.86. The van der Waals surface area contributed by atoms with E-state index >= 15 is 0 Å². The molecule has 1 amide bonds. The number of carbonyl (C=O) groups excluding carboxylic acids is 1. The van der Waals surface area contributed by atoms with Crippen molar-refractivity contribution in [2.45, 2.75) is 12.5 Å². The average Bonchev–Trinajstić information content (AvgIpc) is 3.21. The van der Waals surface area contributed by atoms with E-state index in [0.29, 0.717) is 27.9 Å². The van der Waals surface area contributed by atoms with Crippen molar-refractivity contribution in [3.63, 3.8) is 0 Å². The normalized spacial score (nSPS) is 12.2. The summed E-state index contributed by atoms with van der Waals surface area (Å²) in [6.07, 6.45) is 2.25. The second-order valence-electron chi connectivity index (χ2n) is 5.97. The number of carbonyl (C=O) groups is 1. The number of nitrogens with zero attached hydrogens (tertiary/aromatic N) is 2. The lowest BCUT2D eigenvalue weighted by atomic mass is 10.1. The molecule has 3 aromatic rings. The van der Waals surface area contributed by atoms with Crippen LogP contribution in [0.25, 0.3) is 10.6 Å². The summed E-state index contributed by atoms with van der Waals surface area (Å²) in [5.74, 6) is -0.172. The Labute approximate surface area is 179 Å². The molecular formula is C18H17BrCl2N4OS. The first-order valence-electron chi connectivity index (χ1n) is 8.11. The van der Waals surface area contributed by atoms with Gasteiger partial charge < -0.3 is 11.1 Å². The van der Waals surface area contributed by atoms with E-state index in [2.05, 4.69) is 26.3 Å². The smallest absolute Gasteiger partial charge is 0.261 e. The third-order valence-corrected chi connectivity index (χ3v) is 6.70. The fourth-order valence-corrected chi connectivity index (χ4v) is 4.98. The minimum Gasteiger partial charge on any atom is -0.347 e. The summed E-state index contributed by atoms with van der Waals surface area (Å²) in [4.78, 5) is 14.3.